The predicted octanol–water partition coefficient (Wildman–Crippen LogP) is 6.33. The van der Waals surface area contributed by atoms with Crippen molar-refractivity contribution < 1.29 is 0 Å². The first-order chi connectivity index (χ1) is 7.56. The van der Waals surface area contributed by atoms with Gasteiger partial charge in [-0.2, -0.15) is 0 Å². The molecule has 0 N–H and O–H groups in total. The molecule has 18 heavy (non-hydrogen) atoms. The molecule has 1 heterocycles. The average molecular weight is 348 g/mol. The van der Waals surface area contributed by atoms with Gasteiger partial charge in [-0.3, -0.25) is 0 Å². The van der Waals surface area contributed by atoms with Crippen molar-refractivity contribution in [3.05, 3.63) is 0 Å². The van der Waals surface area contributed by atoms with E-state index in [0.717, 1.165) is 11.3 Å². The van der Waals surface area contributed by atoms with Crippen LogP contribution < -0.4 is 0 Å². The molecule has 0 radical (unpaired) electrons. The summed E-state index contributed by atoms with van der Waals surface area (Å²) in [5, 5.41) is 1.09. The van der Waals surface area contributed by atoms with Crippen molar-refractivity contribution >= 4 is 33.7 Å². The summed E-state index contributed by atoms with van der Waals surface area (Å²) in [5.41, 5.74) is 0. The molecular weight excluding hydrogens is 311 g/mol. The van der Waals surface area contributed by atoms with E-state index in [9.17, 15) is 0 Å². The van der Waals surface area contributed by atoms with E-state index in [2.05, 4.69) is 73.8 Å². The van der Waals surface area contributed by atoms with Crippen LogP contribution in [0, 0.1) is 5.92 Å². The molecule has 0 amide bonds. The summed E-state index contributed by atoms with van der Waals surface area (Å²) < 4.78 is 0. The third-order valence-corrected chi connectivity index (χ3v) is 82.4. The van der Waals surface area contributed by atoms with Gasteiger partial charge in [-0.25, -0.2) is 0 Å². The van der Waals surface area contributed by atoms with Crippen LogP contribution >= 0.6 is 33.7 Å². The molecule has 1 unspecified atom stereocenters. The van der Waals surface area contributed by atoms with Crippen molar-refractivity contribution in [3.8, 4) is 0 Å². The second-order valence-corrected chi connectivity index (χ2v) is 53.4. The molecule has 0 aromatic heterocycles. The van der Waals surface area contributed by atoms with E-state index < -0.39 is 26.1 Å². The van der Waals surface area contributed by atoms with Gasteiger partial charge in [-0.05, 0) is 0 Å². The summed E-state index contributed by atoms with van der Waals surface area (Å²) >= 11 is 0. The fraction of sp³-hybridized carbons (Fsp3) is 1.00. The Bertz CT molecular complexity index is 403. The zero-order valence-electron chi connectivity index (χ0n) is 14.5. The maximum absolute atomic E-state index is 2.77. The molecule has 0 saturated heterocycles. The van der Waals surface area contributed by atoms with Gasteiger partial charge in [0.05, 0.1) is 0 Å². The van der Waals surface area contributed by atoms with Gasteiger partial charge < -0.3 is 0 Å². The maximum atomic E-state index is 2.77. The molecule has 0 aromatic rings. The normalized spacial score (nSPS) is 41.8. The first-order valence-corrected chi connectivity index (χ1v) is 23.7. The van der Waals surface area contributed by atoms with Gasteiger partial charge in [0.25, 0.3) is 0 Å². The van der Waals surface area contributed by atoms with Gasteiger partial charge >= 0.3 is 119 Å². The Morgan fingerprint density at radius 2 is 1.39 bits per heavy atom. The van der Waals surface area contributed by atoms with Crippen LogP contribution in [-0.2, 0) is 0 Å². The molecule has 0 nitrogen and oxygen atoms in total. The molecule has 1 rings (SSSR count). The molecule has 0 aliphatic carbocycles. The second-order valence-electron chi connectivity index (χ2n) is 9.21. The van der Waals surface area contributed by atoms with Crippen LogP contribution in [0.25, 0.3) is 0 Å². The SMILES string of the molecule is CC(C)C1P(C)(C)=P[PH](C)(C)P(C)(C)(C)[PH]1(C)C. The van der Waals surface area contributed by atoms with Crippen molar-refractivity contribution in [2.75, 3.05) is 60.0 Å². The van der Waals surface area contributed by atoms with Crippen molar-refractivity contribution in [1.82, 2.24) is 0 Å². The summed E-state index contributed by atoms with van der Waals surface area (Å²) in [6.45, 7) is 26.6. The topological polar surface area (TPSA) is 0 Å². The molecule has 0 spiro atoms. The number of hydrogen-bond acceptors (Lipinski definition) is 0. The summed E-state index contributed by atoms with van der Waals surface area (Å²) in [4.78, 5) is 0. The van der Waals surface area contributed by atoms with Gasteiger partial charge in [0, 0.05) is 0 Å². The van der Waals surface area contributed by atoms with E-state index in [1.165, 1.54) is 0 Å². The fourth-order valence-electron chi connectivity index (χ4n) is 4.34. The monoisotopic (exact) mass is 348 g/mol. The van der Waals surface area contributed by atoms with Crippen molar-refractivity contribution in [3.63, 3.8) is 0 Å². The van der Waals surface area contributed by atoms with E-state index in [0.29, 0.717) is 0 Å². The molecule has 0 aromatic carbocycles. The van der Waals surface area contributed by atoms with Gasteiger partial charge in [-0.15, -0.1) is 0 Å². The standard InChI is InChI=1S/C13H37P5/c1-12(2)13-15(3,4)14-17(7,8)18(9,10,11)16(13,5)6/h12-13,16-17H,1-11H3. The molecule has 0 saturated carbocycles. The second kappa shape index (κ2) is 4.51. The molecule has 1 atom stereocenters. The van der Waals surface area contributed by atoms with Crippen LogP contribution in [0.2, 0.25) is 0 Å². The van der Waals surface area contributed by atoms with E-state index in [-0.39, 0.29) is 0 Å². The first-order valence-electron chi connectivity index (χ1n) is 7.14. The average Bonchev–Trinajstić information content (AvgIpc) is 1.94. The van der Waals surface area contributed by atoms with Gasteiger partial charge in [0.15, 0.2) is 0 Å². The van der Waals surface area contributed by atoms with Crippen LogP contribution in [0.1, 0.15) is 13.8 Å². The van der Waals surface area contributed by atoms with Crippen LogP contribution in [0.4, 0.5) is 0 Å². The number of hydrogen-bond donors (Lipinski definition) is 0. The van der Waals surface area contributed by atoms with E-state index >= 15 is 0 Å². The van der Waals surface area contributed by atoms with E-state index in [1.54, 1.807) is 0 Å². The summed E-state index contributed by atoms with van der Waals surface area (Å²) in [7, 11) is 1.95. The van der Waals surface area contributed by atoms with Crippen LogP contribution in [-0.4, -0.2) is 65.4 Å². The Kier molecular flexibility index (Phi) is 4.52. The van der Waals surface area contributed by atoms with Gasteiger partial charge in [0.2, 0.25) is 0 Å². The quantitative estimate of drug-likeness (QED) is 0.486. The van der Waals surface area contributed by atoms with Gasteiger partial charge in [0.1, 0.15) is 0 Å². The Morgan fingerprint density at radius 3 is 1.72 bits per heavy atom. The molecule has 0 fully saturated rings. The third kappa shape index (κ3) is 2.26. The van der Waals surface area contributed by atoms with Crippen LogP contribution in [0.3, 0.4) is 0 Å². The minimum absolute atomic E-state index is 0.740. The minimum atomic E-state index is -1.45. The third-order valence-electron chi connectivity index (χ3n) is 6.47. The Morgan fingerprint density at radius 1 is 1.00 bits per heavy atom. The molecule has 0 bridgehead atoms. The molecular formula is C13H37P5. The molecule has 5 heteroatoms. The van der Waals surface area contributed by atoms with Crippen LogP contribution in [0.15, 0.2) is 0 Å². The molecule has 1 aliphatic heterocycles. The Balaban J connectivity index is 3.73. The van der Waals surface area contributed by atoms with E-state index in [1.807, 2.05) is 7.56 Å². The summed E-state index contributed by atoms with van der Waals surface area (Å²) in [6.07, 6.45) is 0. The van der Waals surface area contributed by atoms with Gasteiger partial charge in [-0.1, -0.05) is 0 Å². The summed E-state index contributed by atoms with van der Waals surface area (Å²) in [5.74, 6) is -0.556. The fourth-order valence-corrected chi connectivity index (χ4v) is 98.1. The Hall–Kier alpha value is 2.02. The van der Waals surface area contributed by atoms with Crippen molar-refractivity contribution in [1.29, 1.82) is 0 Å². The van der Waals surface area contributed by atoms with Crippen LogP contribution in [0.5, 0.6) is 0 Å². The molecule has 114 valence electrons. The zero-order valence-corrected chi connectivity index (χ0v) is 19.2. The summed E-state index contributed by atoms with van der Waals surface area (Å²) in [6, 6.07) is 0. The van der Waals surface area contributed by atoms with E-state index in [4.69, 9.17) is 0 Å². The van der Waals surface area contributed by atoms with Crippen molar-refractivity contribution in [2.24, 2.45) is 5.92 Å². The molecule has 1 aliphatic rings. The predicted molar refractivity (Wildman–Crippen MR) is 109 cm³/mol. The Labute approximate surface area is 119 Å². The zero-order chi connectivity index (χ0) is 14.8. The van der Waals surface area contributed by atoms with Crippen molar-refractivity contribution in [2.45, 2.75) is 19.2 Å². The number of rotatable bonds is 1. The first kappa shape index (κ1) is 18.1.